The molecule has 0 spiro atoms. The molecule has 2 rings (SSSR count). The average Bonchev–Trinajstić information content (AvgIpc) is 3.00. The number of benzene rings is 1. The van der Waals surface area contributed by atoms with Gasteiger partial charge in [-0.15, -0.1) is 0 Å². The van der Waals surface area contributed by atoms with E-state index >= 15 is 0 Å². The summed E-state index contributed by atoms with van der Waals surface area (Å²) in [7, 11) is -1.94. The summed E-state index contributed by atoms with van der Waals surface area (Å²) in [5, 5.41) is 29.3. The van der Waals surface area contributed by atoms with E-state index in [1.54, 1.807) is 0 Å². The van der Waals surface area contributed by atoms with Crippen LogP contribution in [-0.2, 0) is 24.8 Å². The molecule has 0 radical (unpaired) electrons. The fourth-order valence-corrected chi connectivity index (χ4v) is 5.14. The van der Waals surface area contributed by atoms with Gasteiger partial charge >= 0.3 is 13.6 Å². The standard InChI is InChI=1S/C22H33O7P/c1-28-30(27,14-13-17-9-5-4-6-10-17)29-16-19-18(20(23)15-21(19)24)11-7-2-3-8-12-22(25)26/h2,4-7,9-10,18-21,23-24H,3,8,11-16H2,1H3,(H,25,26)/t18?,19-,20-,21-,30?/m1/s1. The van der Waals surface area contributed by atoms with E-state index in [1.807, 2.05) is 42.5 Å². The second-order valence-electron chi connectivity index (χ2n) is 7.74. The number of carbonyl (C=O) groups is 1. The normalized spacial score (nSPS) is 26.1. The van der Waals surface area contributed by atoms with Crippen molar-refractivity contribution in [1.29, 1.82) is 0 Å². The summed E-state index contributed by atoms with van der Waals surface area (Å²) >= 11 is 0. The van der Waals surface area contributed by atoms with Gasteiger partial charge in [0.2, 0.25) is 0 Å². The lowest BCUT2D eigenvalue weighted by Gasteiger charge is -2.25. The number of rotatable bonds is 13. The smallest absolute Gasteiger partial charge is 0.330 e. The zero-order valence-electron chi connectivity index (χ0n) is 17.4. The van der Waals surface area contributed by atoms with E-state index in [2.05, 4.69) is 0 Å². The third-order valence-corrected chi connectivity index (χ3v) is 7.49. The Hall–Kier alpha value is -1.50. The lowest BCUT2D eigenvalue weighted by atomic mass is 9.91. The second kappa shape index (κ2) is 12.4. The predicted molar refractivity (Wildman–Crippen MR) is 114 cm³/mol. The van der Waals surface area contributed by atoms with E-state index in [9.17, 15) is 19.6 Å². The lowest BCUT2D eigenvalue weighted by molar-refractivity contribution is -0.137. The Bertz CT molecular complexity index is 721. The number of aliphatic carboxylic acids is 1. The van der Waals surface area contributed by atoms with Gasteiger partial charge in [-0.05, 0) is 43.6 Å². The summed E-state index contributed by atoms with van der Waals surface area (Å²) < 4.78 is 23.8. The van der Waals surface area contributed by atoms with Crippen LogP contribution < -0.4 is 0 Å². The topological polar surface area (TPSA) is 113 Å². The predicted octanol–water partition coefficient (Wildman–Crippen LogP) is 3.64. The first-order valence-electron chi connectivity index (χ1n) is 10.4. The van der Waals surface area contributed by atoms with Crippen molar-refractivity contribution in [1.82, 2.24) is 0 Å². The molecule has 0 aliphatic heterocycles. The molecule has 0 aromatic heterocycles. The van der Waals surface area contributed by atoms with Crippen LogP contribution >= 0.6 is 7.60 Å². The summed E-state index contributed by atoms with van der Waals surface area (Å²) in [6.07, 6.45) is 5.35. The highest BCUT2D eigenvalue weighted by molar-refractivity contribution is 7.53. The van der Waals surface area contributed by atoms with Crippen molar-refractivity contribution >= 4 is 13.6 Å². The minimum atomic E-state index is -3.31. The summed E-state index contributed by atoms with van der Waals surface area (Å²) in [6, 6.07) is 9.67. The Morgan fingerprint density at radius 3 is 2.53 bits per heavy atom. The van der Waals surface area contributed by atoms with Crippen molar-refractivity contribution < 1.29 is 33.7 Å². The van der Waals surface area contributed by atoms with E-state index in [-0.39, 0.29) is 37.4 Å². The van der Waals surface area contributed by atoms with Crippen LogP contribution in [0.15, 0.2) is 42.5 Å². The number of carboxylic acids is 1. The third-order valence-electron chi connectivity index (χ3n) is 5.62. The number of aliphatic hydroxyl groups is 2. The summed E-state index contributed by atoms with van der Waals surface area (Å²) in [6.45, 7) is 0.0512. The Labute approximate surface area is 178 Å². The van der Waals surface area contributed by atoms with Gasteiger partial charge in [0.25, 0.3) is 0 Å². The van der Waals surface area contributed by atoms with Gasteiger partial charge in [-0.1, -0.05) is 42.5 Å². The number of unbranched alkanes of at least 4 members (excludes halogenated alkanes) is 1. The van der Waals surface area contributed by atoms with Gasteiger partial charge in [0.05, 0.1) is 25.0 Å². The maximum absolute atomic E-state index is 12.9. The van der Waals surface area contributed by atoms with Crippen LogP contribution in [0, 0.1) is 11.8 Å². The van der Waals surface area contributed by atoms with Gasteiger partial charge in [0, 0.05) is 19.4 Å². The van der Waals surface area contributed by atoms with Crippen molar-refractivity contribution in [2.45, 2.75) is 50.7 Å². The molecule has 7 nitrogen and oxygen atoms in total. The largest absolute Gasteiger partial charge is 0.481 e. The van der Waals surface area contributed by atoms with Crippen molar-refractivity contribution in [3.05, 3.63) is 48.0 Å². The van der Waals surface area contributed by atoms with Crippen LogP contribution in [0.5, 0.6) is 0 Å². The minimum Gasteiger partial charge on any atom is -0.481 e. The van der Waals surface area contributed by atoms with E-state index in [0.29, 0.717) is 25.7 Å². The van der Waals surface area contributed by atoms with Crippen LogP contribution in [0.2, 0.25) is 0 Å². The van der Waals surface area contributed by atoms with Crippen molar-refractivity contribution in [2.75, 3.05) is 19.9 Å². The number of aryl methyl sites for hydroxylation is 1. The highest BCUT2D eigenvalue weighted by Crippen LogP contribution is 2.49. The van der Waals surface area contributed by atoms with E-state index < -0.39 is 25.8 Å². The average molecular weight is 440 g/mol. The third kappa shape index (κ3) is 7.97. The molecule has 8 heteroatoms. The van der Waals surface area contributed by atoms with Crippen molar-refractivity contribution in [3.8, 4) is 0 Å². The Morgan fingerprint density at radius 2 is 1.87 bits per heavy atom. The molecular formula is C22H33O7P. The lowest BCUT2D eigenvalue weighted by Crippen LogP contribution is -2.26. The van der Waals surface area contributed by atoms with Crippen LogP contribution in [0.3, 0.4) is 0 Å². The molecule has 1 aliphatic rings. The molecule has 168 valence electrons. The fourth-order valence-electron chi connectivity index (χ4n) is 3.80. The number of allylic oxidation sites excluding steroid dienone is 2. The Balaban J connectivity index is 1.87. The number of hydrogen-bond acceptors (Lipinski definition) is 6. The zero-order chi connectivity index (χ0) is 22.0. The number of hydrogen-bond donors (Lipinski definition) is 3. The molecule has 0 saturated heterocycles. The van der Waals surface area contributed by atoms with Gasteiger partial charge in [0.15, 0.2) is 0 Å². The van der Waals surface area contributed by atoms with E-state index in [0.717, 1.165) is 5.56 Å². The maximum atomic E-state index is 12.9. The monoisotopic (exact) mass is 440 g/mol. The molecule has 3 N–H and O–H groups in total. The molecule has 1 fully saturated rings. The molecule has 1 aliphatic carbocycles. The van der Waals surface area contributed by atoms with E-state index in [4.69, 9.17) is 14.2 Å². The Morgan fingerprint density at radius 1 is 1.17 bits per heavy atom. The van der Waals surface area contributed by atoms with Crippen molar-refractivity contribution in [2.24, 2.45) is 11.8 Å². The van der Waals surface area contributed by atoms with Gasteiger partial charge in [-0.2, -0.15) is 0 Å². The quantitative estimate of drug-likeness (QED) is 0.244. The molecule has 0 heterocycles. The molecule has 5 atom stereocenters. The highest BCUT2D eigenvalue weighted by Gasteiger charge is 2.42. The molecule has 1 saturated carbocycles. The van der Waals surface area contributed by atoms with Crippen LogP contribution in [0.4, 0.5) is 0 Å². The van der Waals surface area contributed by atoms with Gasteiger partial charge in [-0.3, -0.25) is 9.36 Å². The maximum Gasteiger partial charge on any atom is 0.330 e. The molecule has 30 heavy (non-hydrogen) atoms. The molecule has 1 aromatic carbocycles. The number of aliphatic hydroxyl groups excluding tert-OH is 2. The first kappa shape index (κ1) is 24.8. The van der Waals surface area contributed by atoms with Crippen LogP contribution in [0.1, 0.15) is 37.7 Å². The Kier molecular flexibility index (Phi) is 10.2. The van der Waals surface area contributed by atoms with E-state index in [1.165, 1.54) is 7.11 Å². The van der Waals surface area contributed by atoms with Gasteiger partial charge < -0.3 is 24.4 Å². The minimum absolute atomic E-state index is 0.0512. The summed E-state index contributed by atoms with van der Waals surface area (Å²) in [5.74, 6) is -1.37. The molecule has 0 bridgehead atoms. The molecule has 1 aromatic rings. The van der Waals surface area contributed by atoms with Crippen LogP contribution in [-0.4, -0.2) is 53.4 Å². The first-order chi connectivity index (χ1) is 14.3. The first-order valence-corrected chi connectivity index (χ1v) is 12.1. The summed E-state index contributed by atoms with van der Waals surface area (Å²) in [4.78, 5) is 10.5. The SMILES string of the molecule is COP(=O)(CCc1ccccc1)OC[C@@H]1C(CC=CCCCC(=O)O)[C@H](O)C[C@H]1O. The molecule has 0 amide bonds. The fraction of sp³-hybridized carbons (Fsp3) is 0.591. The highest BCUT2D eigenvalue weighted by atomic mass is 31.2. The van der Waals surface area contributed by atoms with Gasteiger partial charge in [0.1, 0.15) is 0 Å². The number of carboxylic acid groups (broad SMARTS) is 1. The van der Waals surface area contributed by atoms with Crippen LogP contribution in [0.25, 0.3) is 0 Å². The molecule has 2 unspecified atom stereocenters. The zero-order valence-corrected chi connectivity index (χ0v) is 18.3. The summed E-state index contributed by atoms with van der Waals surface area (Å²) in [5.41, 5.74) is 1.04. The molecular weight excluding hydrogens is 407 g/mol. The van der Waals surface area contributed by atoms with Gasteiger partial charge in [-0.25, -0.2) is 0 Å². The second-order valence-corrected chi connectivity index (χ2v) is 10.0. The van der Waals surface area contributed by atoms with Crippen molar-refractivity contribution in [3.63, 3.8) is 0 Å².